The monoisotopic (exact) mass is 322 g/mol. The number of aromatic hydroxyl groups is 1. The fourth-order valence-electron chi connectivity index (χ4n) is 2.47. The fraction of sp³-hybridized carbons (Fsp3) is 0.632. The van der Waals surface area contributed by atoms with E-state index in [1.807, 2.05) is 41.5 Å². The molecule has 0 atom stereocenters. The number of phenols is 1. The third-order valence-corrected chi connectivity index (χ3v) is 3.93. The molecule has 0 radical (unpaired) electrons. The van der Waals surface area contributed by atoms with Gasteiger partial charge < -0.3 is 14.6 Å². The van der Waals surface area contributed by atoms with Crippen LogP contribution in [0.3, 0.4) is 0 Å². The fourth-order valence-corrected chi connectivity index (χ4v) is 2.47. The minimum Gasteiger partial charge on any atom is -0.507 e. The van der Waals surface area contributed by atoms with Crippen molar-refractivity contribution in [2.75, 3.05) is 14.2 Å². The Morgan fingerprint density at radius 2 is 1.39 bits per heavy atom. The summed E-state index contributed by atoms with van der Waals surface area (Å²) >= 11 is 0. The Hall–Kier alpha value is -1.39. The molecule has 1 aromatic rings. The quantitative estimate of drug-likeness (QED) is 0.652. The molecule has 0 saturated carbocycles. The molecule has 4 nitrogen and oxygen atoms in total. The van der Waals surface area contributed by atoms with Crippen LogP contribution in [0, 0.1) is 0 Å². The van der Waals surface area contributed by atoms with Crippen molar-refractivity contribution in [2.24, 2.45) is 0 Å². The van der Waals surface area contributed by atoms with Crippen molar-refractivity contribution in [2.45, 2.75) is 65.1 Å². The average molecular weight is 322 g/mol. The van der Waals surface area contributed by atoms with Gasteiger partial charge in [-0.25, -0.2) is 0 Å². The molecule has 0 aliphatic carbocycles. The lowest BCUT2D eigenvalue weighted by molar-refractivity contribution is -0.0993. The van der Waals surface area contributed by atoms with Crippen LogP contribution in [0.1, 0.15) is 69.4 Å². The van der Waals surface area contributed by atoms with Gasteiger partial charge in [-0.15, -0.1) is 0 Å². The van der Waals surface area contributed by atoms with Crippen LogP contribution < -0.4 is 0 Å². The molecule has 0 fully saturated rings. The molecule has 1 aromatic carbocycles. The second-order valence-electron chi connectivity index (χ2n) is 7.95. The number of methoxy groups -OCH3 is 2. The highest BCUT2D eigenvalue weighted by molar-refractivity contribution is 5.97. The highest BCUT2D eigenvalue weighted by Crippen LogP contribution is 2.40. The van der Waals surface area contributed by atoms with Gasteiger partial charge in [0.15, 0.2) is 12.1 Å². The summed E-state index contributed by atoms with van der Waals surface area (Å²) in [6, 6.07) is 3.57. The molecule has 4 heteroatoms. The molecule has 0 amide bonds. The Kier molecular flexibility index (Phi) is 6.00. The molecule has 130 valence electrons. The van der Waals surface area contributed by atoms with Crippen LogP contribution in [0.15, 0.2) is 12.1 Å². The van der Waals surface area contributed by atoms with E-state index in [4.69, 9.17) is 9.47 Å². The van der Waals surface area contributed by atoms with Crippen molar-refractivity contribution in [1.82, 2.24) is 0 Å². The Morgan fingerprint density at radius 1 is 1.00 bits per heavy atom. The van der Waals surface area contributed by atoms with Gasteiger partial charge >= 0.3 is 0 Å². The molecule has 0 aromatic heterocycles. The highest BCUT2D eigenvalue weighted by atomic mass is 16.7. The van der Waals surface area contributed by atoms with Gasteiger partial charge in [0, 0.05) is 30.9 Å². The molecule has 0 spiro atoms. The van der Waals surface area contributed by atoms with E-state index in [0.29, 0.717) is 5.56 Å². The van der Waals surface area contributed by atoms with Gasteiger partial charge in [0.1, 0.15) is 5.75 Å². The summed E-state index contributed by atoms with van der Waals surface area (Å²) in [6.45, 7) is 12.1. The first-order valence-electron chi connectivity index (χ1n) is 7.88. The van der Waals surface area contributed by atoms with Crippen molar-refractivity contribution < 1.29 is 19.4 Å². The van der Waals surface area contributed by atoms with E-state index in [2.05, 4.69) is 0 Å². The van der Waals surface area contributed by atoms with Crippen molar-refractivity contribution in [3.05, 3.63) is 28.8 Å². The van der Waals surface area contributed by atoms with E-state index in [1.54, 1.807) is 12.1 Å². The Balaban J connectivity index is 3.42. The number of Topliss-reactive ketones (excluding diaryl/α,β-unsaturated/α-hetero) is 1. The SMILES string of the molecule is COC(CC(=O)c1cc(C(C)(C)C)c(O)c(C(C)(C)C)c1)OC. The Morgan fingerprint density at radius 3 is 1.70 bits per heavy atom. The highest BCUT2D eigenvalue weighted by Gasteiger charge is 2.28. The second-order valence-corrected chi connectivity index (χ2v) is 7.95. The maximum Gasteiger partial charge on any atom is 0.167 e. The summed E-state index contributed by atoms with van der Waals surface area (Å²) in [6.07, 6.45) is -0.419. The van der Waals surface area contributed by atoms with Crippen molar-refractivity contribution >= 4 is 5.78 Å². The van der Waals surface area contributed by atoms with Gasteiger partial charge in [0.05, 0.1) is 6.42 Å². The first-order valence-corrected chi connectivity index (χ1v) is 7.88. The summed E-state index contributed by atoms with van der Waals surface area (Å²) in [5.41, 5.74) is 1.61. The van der Waals surface area contributed by atoms with Gasteiger partial charge in [-0.3, -0.25) is 4.79 Å². The molecule has 1 rings (SSSR count). The first-order chi connectivity index (χ1) is 10.4. The number of benzene rings is 1. The van der Waals surface area contributed by atoms with Gasteiger partial charge in [-0.1, -0.05) is 41.5 Å². The molecule has 0 unspecified atom stereocenters. The summed E-state index contributed by atoms with van der Waals surface area (Å²) in [7, 11) is 3.03. The number of hydrogen-bond acceptors (Lipinski definition) is 4. The van der Waals surface area contributed by atoms with Gasteiger partial charge in [-0.2, -0.15) is 0 Å². The molecule has 0 saturated heterocycles. The summed E-state index contributed by atoms with van der Waals surface area (Å²) < 4.78 is 10.2. The van der Waals surface area contributed by atoms with Crippen molar-refractivity contribution in [1.29, 1.82) is 0 Å². The summed E-state index contributed by atoms with van der Waals surface area (Å²) in [5, 5.41) is 10.7. The molecule has 0 aliphatic heterocycles. The lowest BCUT2D eigenvalue weighted by atomic mass is 9.78. The maximum absolute atomic E-state index is 12.6. The van der Waals surface area contributed by atoms with Crippen LogP contribution in [0.25, 0.3) is 0 Å². The average Bonchev–Trinajstić information content (AvgIpc) is 2.42. The molecular formula is C19H30O4. The predicted molar refractivity (Wildman–Crippen MR) is 92.3 cm³/mol. The van der Waals surface area contributed by atoms with Crippen molar-refractivity contribution in [3.63, 3.8) is 0 Å². The van der Waals surface area contributed by atoms with E-state index >= 15 is 0 Å². The molecule has 23 heavy (non-hydrogen) atoms. The van der Waals surface area contributed by atoms with E-state index < -0.39 is 6.29 Å². The van der Waals surface area contributed by atoms with E-state index in [-0.39, 0.29) is 28.8 Å². The van der Waals surface area contributed by atoms with E-state index in [0.717, 1.165) is 11.1 Å². The molecular weight excluding hydrogens is 292 g/mol. The van der Waals surface area contributed by atoms with Crippen LogP contribution in [0.5, 0.6) is 5.75 Å². The van der Waals surface area contributed by atoms with Crippen LogP contribution in [-0.2, 0) is 20.3 Å². The van der Waals surface area contributed by atoms with Gasteiger partial charge in [0.25, 0.3) is 0 Å². The van der Waals surface area contributed by atoms with E-state index in [9.17, 15) is 9.90 Å². The normalized spacial score (nSPS) is 12.7. The van der Waals surface area contributed by atoms with Gasteiger partial charge in [0.2, 0.25) is 0 Å². The Labute approximate surface area is 139 Å². The largest absolute Gasteiger partial charge is 0.507 e. The molecule has 0 aliphatic rings. The lowest BCUT2D eigenvalue weighted by Crippen LogP contribution is -2.21. The van der Waals surface area contributed by atoms with Crippen molar-refractivity contribution in [3.8, 4) is 5.75 Å². The van der Waals surface area contributed by atoms with Crippen LogP contribution in [0.2, 0.25) is 0 Å². The number of carbonyl (C=O) groups is 1. The van der Waals surface area contributed by atoms with Gasteiger partial charge in [-0.05, 0) is 23.0 Å². The standard InChI is InChI=1S/C19H30O4/c1-18(2,3)13-9-12(15(20)11-16(22-7)23-8)10-14(17(13)21)19(4,5)6/h9-10,16,21H,11H2,1-8H3. The summed E-state index contributed by atoms with van der Waals surface area (Å²) in [4.78, 5) is 12.6. The number of rotatable bonds is 5. The zero-order chi connectivity index (χ0) is 18.0. The molecule has 0 heterocycles. The zero-order valence-electron chi connectivity index (χ0n) is 15.6. The number of phenolic OH excluding ortho intramolecular Hbond substituents is 1. The third kappa shape index (κ3) is 4.79. The summed E-state index contributed by atoms with van der Waals surface area (Å²) in [5.74, 6) is 0.214. The number of ether oxygens (including phenoxy) is 2. The molecule has 0 bridgehead atoms. The minimum absolute atomic E-state index is 0.0605. The molecule has 1 N–H and O–H groups in total. The lowest BCUT2D eigenvalue weighted by Gasteiger charge is -2.28. The number of carbonyl (C=O) groups excluding carboxylic acids is 1. The topological polar surface area (TPSA) is 55.8 Å². The van der Waals surface area contributed by atoms with E-state index in [1.165, 1.54) is 14.2 Å². The third-order valence-electron chi connectivity index (χ3n) is 3.93. The number of ketones is 1. The maximum atomic E-state index is 12.6. The minimum atomic E-state index is -0.563. The number of hydrogen-bond donors (Lipinski definition) is 1. The van der Waals surface area contributed by atoms with Crippen LogP contribution in [0.4, 0.5) is 0 Å². The Bertz CT molecular complexity index is 523. The zero-order valence-corrected chi connectivity index (χ0v) is 15.6. The van der Waals surface area contributed by atoms with Crippen LogP contribution in [-0.4, -0.2) is 31.4 Å². The smallest absolute Gasteiger partial charge is 0.167 e. The van der Waals surface area contributed by atoms with Crippen LogP contribution >= 0.6 is 0 Å². The predicted octanol–water partition coefficient (Wildman–Crippen LogP) is 4.18. The second kappa shape index (κ2) is 7.02. The first kappa shape index (κ1) is 19.7.